The third-order valence-electron chi connectivity index (χ3n) is 2.99. The van der Waals surface area contributed by atoms with Crippen LogP contribution in [-0.2, 0) is 5.21 Å². The quantitative estimate of drug-likeness (QED) is 0.588. The summed E-state index contributed by atoms with van der Waals surface area (Å²) in [7, 11) is 29.9. The Morgan fingerprint density at radius 2 is 2.00 bits per heavy atom. The molecule has 0 amide bonds. The Hall–Kier alpha value is -1.07. The van der Waals surface area contributed by atoms with Gasteiger partial charge in [-0.25, -0.2) is 0 Å². The average molecular weight is 243 g/mol. The smallest absolute Gasteiger partial charge is 0.233 e. The van der Waals surface area contributed by atoms with Crippen molar-refractivity contribution in [2.75, 3.05) is 20.1 Å². The fourth-order valence-electron chi connectivity index (χ4n) is 1.69. The van der Waals surface area contributed by atoms with Crippen LogP contribution in [0.25, 0.3) is 0 Å². The van der Waals surface area contributed by atoms with Crippen LogP contribution in [-0.4, -0.2) is 80.7 Å². The minimum atomic E-state index is -1.87. The summed E-state index contributed by atoms with van der Waals surface area (Å²) >= 11 is 0. The largest absolute Gasteiger partial charge is 0.365 e. The Kier molecular flexibility index (Phi) is 3.62. The molecule has 1 aromatic rings. The molecule has 1 atom stereocenters. The van der Waals surface area contributed by atoms with Crippen LogP contribution in [0.5, 0.6) is 0 Å². The first-order valence-corrected chi connectivity index (χ1v) is 5.70. The van der Waals surface area contributed by atoms with Gasteiger partial charge in [-0.1, -0.05) is 10.4 Å². The molecule has 1 aromatic heterocycles. The van der Waals surface area contributed by atoms with Crippen molar-refractivity contribution in [3.8, 4) is 0 Å². The van der Waals surface area contributed by atoms with Gasteiger partial charge in [-0.05, 0) is 0 Å². The molecule has 0 bridgehead atoms. The summed E-state index contributed by atoms with van der Waals surface area (Å²) in [6.07, 6.45) is 1.74. The second-order valence-corrected chi connectivity index (χ2v) is 4.88. The molecule has 1 aliphatic heterocycles. The molecule has 1 unspecified atom stereocenters. The number of nitrogens with zero attached hydrogens (tertiary/aromatic N) is 4. The van der Waals surface area contributed by atoms with Crippen molar-refractivity contribution in [2.24, 2.45) is 4.99 Å². The summed E-state index contributed by atoms with van der Waals surface area (Å²) in [4.78, 5) is 10.2. The third-order valence-corrected chi connectivity index (χ3v) is 2.99. The van der Waals surface area contributed by atoms with Crippen molar-refractivity contribution in [3.63, 3.8) is 0 Å². The zero-order valence-corrected chi connectivity index (χ0v) is 10.7. The molecule has 0 saturated carbocycles. The molecule has 10 radical (unpaired) electrons. The van der Waals surface area contributed by atoms with E-state index in [1.807, 2.05) is 11.9 Å². The van der Waals surface area contributed by atoms with E-state index in [1.165, 1.54) is 0 Å². The average Bonchev–Trinajstić information content (AvgIpc) is 2.77. The van der Waals surface area contributed by atoms with Crippen molar-refractivity contribution in [1.29, 1.82) is 0 Å². The van der Waals surface area contributed by atoms with Gasteiger partial charge in [0.25, 0.3) is 0 Å². The maximum Gasteiger partial charge on any atom is 0.233 e. The fourth-order valence-corrected chi connectivity index (χ4v) is 1.69. The standard InChI is InChI=1S/C9H9B5N4O/c1-18-3-5(2-15-4-18)6-16-7(17-19-6)8(10,11)9(12,13)14/h4-5H,2-3H2,1H3. The highest BCUT2D eigenvalue weighted by Gasteiger charge is 2.36. The molecule has 0 aliphatic carbocycles. The second-order valence-electron chi connectivity index (χ2n) is 4.88. The number of aromatic nitrogens is 2. The van der Waals surface area contributed by atoms with Gasteiger partial charge in [0.15, 0.2) is 5.82 Å². The van der Waals surface area contributed by atoms with Crippen molar-refractivity contribution in [3.05, 3.63) is 11.7 Å². The molecule has 0 spiro atoms. The highest BCUT2D eigenvalue weighted by atomic mass is 16.5. The molecule has 0 fully saturated rings. The van der Waals surface area contributed by atoms with Crippen LogP contribution in [0.3, 0.4) is 0 Å². The molecular formula is C9H9B5N4O. The number of hydrogen-bond donors (Lipinski definition) is 0. The Morgan fingerprint density at radius 3 is 2.58 bits per heavy atom. The van der Waals surface area contributed by atoms with Crippen LogP contribution in [0.15, 0.2) is 9.52 Å². The van der Waals surface area contributed by atoms with Gasteiger partial charge in [0.05, 0.1) is 58.0 Å². The summed E-state index contributed by atoms with van der Waals surface area (Å²) in [5.41, 5.74) is 0. The molecule has 0 saturated heterocycles. The Balaban J connectivity index is 2.22. The molecular weight excluding hydrogens is 234 g/mol. The Morgan fingerprint density at radius 1 is 1.32 bits per heavy atom. The molecule has 5 nitrogen and oxygen atoms in total. The van der Waals surface area contributed by atoms with Crippen molar-refractivity contribution >= 4 is 45.6 Å². The highest BCUT2D eigenvalue weighted by Crippen LogP contribution is 2.33. The van der Waals surface area contributed by atoms with E-state index in [0.717, 1.165) is 0 Å². The van der Waals surface area contributed by atoms with Crippen LogP contribution in [0, 0.1) is 0 Å². The van der Waals surface area contributed by atoms with E-state index >= 15 is 0 Å². The van der Waals surface area contributed by atoms with Crippen LogP contribution in [0.1, 0.15) is 17.6 Å². The van der Waals surface area contributed by atoms with Gasteiger partial charge in [0.2, 0.25) is 5.89 Å². The second kappa shape index (κ2) is 4.80. The summed E-state index contributed by atoms with van der Waals surface area (Å²) in [6, 6.07) is 0. The Labute approximate surface area is 119 Å². The SMILES string of the molecule is [B]C([B])([B])C([B])([B])c1noc(C2CN=CN(C)C2)n1. The first kappa shape index (κ1) is 14.3. The van der Waals surface area contributed by atoms with E-state index in [-0.39, 0.29) is 11.7 Å². The van der Waals surface area contributed by atoms with E-state index in [4.69, 9.17) is 43.8 Å². The maximum atomic E-state index is 5.76. The van der Waals surface area contributed by atoms with Gasteiger partial charge in [-0.15, -0.1) is 5.11 Å². The predicted octanol–water partition coefficient (Wildman–Crippen LogP) is -1.80. The normalized spacial score (nSPS) is 20.7. The van der Waals surface area contributed by atoms with Crippen LogP contribution in [0.4, 0.5) is 0 Å². The van der Waals surface area contributed by atoms with Crippen LogP contribution >= 0.6 is 0 Å². The number of aliphatic imine (C=N–C) groups is 1. The molecule has 0 N–H and O–H groups in total. The number of hydrogen-bond acceptors (Lipinski definition) is 5. The lowest BCUT2D eigenvalue weighted by molar-refractivity contribution is 0.320. The van der Waals surface area contributed by atoms with Crippen molar-refractivity contribution < 1.29 is 4.52 Å². The molecule has 86 valence electrons. The maximum absolute atomic E-state index is 5.76. The number of likely N-dealkylation sites (N-methyl/N-ethyl adjacent to an activating group) is 1. The van der Waals surface area contributed by atoms with E-state index in [9.17, 15) is 0 Å². The van der Waals surface area contributed by atoms with Gasteiger partial charge in [-0.3, -0.25) is 4.99 Å². The summed E-state index contributed by atoms with van der Waals surface area (Å²) in [5, 5.41) is 0.0496. The molecule has 1 aliphatic rings. The van der Waals surface area contributed by atoms with Gasteiger partial charge >= 0.3 is 0 Å². The fraction of sp³-hybridized carbons (Fsp3) is 0.667. The molecule has 0 aromatic carbocycles. The lowest BCUT2D eigenvalue weighted by atomic mass is 9.23. The lowest BCUT2D eigenvalue weighted by Crippen LogP contribution is -2.44. The zero-order chi connectivity index (χ0) is 14.3. The van der Waals surface area contributed by atoms with Gasteiger partial charge in [0, 0.05) is 13.6 Å². The first-order valence-electron chi connectivity index (χ1n) is 5.70. The predicted molar refractivity (Wildman–Crippen MR) is 76.2 cm³/mol. The molecule has 2 heterocycles. The summed E-state index contributed by atoms with van der Waals surface area (Å²) < 4.78 is 5.15. The minimum Gasteiger partial charge on any atom is -0.365 e. The molecule has 10 heteroatoms. The summed E-state index contributed by atoms with van der Waals surface area (Å²) in [6.45, 7) is 1.25. The minimum absolute atomic E-state index is 0.0326. The number of rotatable bonds is 3. The zero-order valence-electron chi connectivity index (χ0n) is 10.7. The van der Waals surface area contributed by atoms with Crippen LogP contribution < -0.4 is 0 Å². The van der Waals surface area contributed by atoms with Gasteiger partial charge < -0.3 is 9.42 Å². The lowest BCUT2D eigenvalue weighted by Gasteiger charge is -2.38. The third kappa shape index (κ3) is 2.77. The van der Waals surface area contributed by atoms with Crippen molar-refractivity contribution in [1.82, 2.24) is 15.0 Å². The summed E-state index contributed by atoms with van der Waals surface area (Å²) in [5.74, 6) is 0.310. The van der Waals surface area contributed by atoms with E-state index in [1.54, 1.807) is 6.34 Å². The monoisotopic (exact) mass is 244 g/mol. The van der Waals surface area contributed by atoms with E-state index in [2.05, 4.69) is 15.1 Å². The topological polar surface area (TPSA) is 54.5 Å². The van der Waals surface area contributed by atoms with Crippen LogP contribution in [0.2, 0.25) is 5.11 Å². The van der Waals surface area contributed by atoms with Gasteiger partial charge in [0.1, 0.15) is 0 Å². The van der Waals surface area contributed by atoms with Crippen molar-refractivity contribution in [2.45, 2.75) is 16.2 Å². The van der Waals surface area contributed by atoms with E-state index < -0.39 is 10.3 Å². The van der Waals surface area contributed by atoms with Gasteiger partial charge in [-0.2, -0.15) is 4.98 Å². The molecule has 2 rings (SSSR count). The highest BCUT2D eigenvalue weighted by molar-refractivity contribution is 6.66. The molecule has 19 heavy (non-hydrogen) atoms. The van der Waals surface area contributed by atoms with E-state index in [0.29, 0.717) is 19.0 Å². The first-order chi connectivity index (χ1) is 8.72. The Bertz CT molecular complexity index is 483.